The van der Waals surface area contributed by atoms with Crippen LogP contribution in [0.3, 0.4) is 0 Å². The van der Waals surface area contributed by atoms with Crippen molar-refractivity contribution in [3.05, 3.63) is 52.4 Å². The number of carbonyl (C=O) groups is 1. The average molecular weight is 456 g/mol. The van der Waals surface area contributed by atoms with Gasteiger partial charge in [0.15, 0.2) is 0 Å². The Kier molecular flexibility index (Phi) is 4.84. The molecule has 1 aromatic carbocycles. The van der Waals surface area contributed by atoms with Gasteiger partial charge >= 0.3 is 6.03 Å². The van der Waals surface area contributed by atoms with E-state index in [2.05, 4.69) is 30.8 Å². The summed E-state index contributed by atoms with van der Waals surface area (Å²) < 4.78 is 0. The van der Waals surface area contributed by atoms with Crippen LogP contribution in [0.1, 0.15) is 23.4 Å². The molecule has 0 bridgehead atoms. The van der Waals surface area contributed by atoms with Crippen LogP contribution < -0.4 is 10.6 Å². The summed E-state index contributed by atoms with van der Waals surface area (Å²) in [5.74, 6) is 0. The third kappa shape index (κ3) is 3.62. The molecule has 3 heterocycles. The lowest BCUT2D eigenvalue weighted by atomic mass is 9.95. The second kappa shape index (κ2) is 7.56. The molecular formula is C20H18ClN7O2S. The van der Waals surface area contributed by atoms with Crippen molar-refractivity contribution in [3.8, 4) is 5.69 Å². The number of aryl methyl sites for hydroxylation is 1. The lowest BCUT2D eigenvalue weighted by Crippen LogP contribution is -2.23. The molecular weight excluding hydrogens is 438 g/mol. The van der Waals surface area contributed by atoms with Gasteiger partial charge in [-0.05, 0) is 38.0 Å². The number of aliphatic hydroxyl groups excluding tert-OH is 1. The number of halogens is 1. The van der Waals surface area contributed by atoms with Gasteiger partial charge in [-0.2, -0.15) is 15.0 Å². The molecule has 1 aliphatic carbocycles. The molecule has 0 unspecified atom stereocenters. The fourth-order valence-corrected chi connectivity index (χ4v) is 4.65. The van der Waals surface area contributed by atoms with E-state index in [1.807, 2.05) is 6.92 Å². The van der Waals surface area contributed by atoms with Crippen molar-refractivity contribution in [3.63, 3.8) is 0 Å². The Morgan fingerprint density at radius 1 is 1.29 bits per heavy atom. The van der Waals surface area contributed by atoms with Gasteiger partial charge < -0.3 is 15.7 Å². The number of aromatic nitrogens is 5. The molecule has 158 valence electrons. The minimum Gasteiger partial charge on any atom is -0.395 e. The van der Waals surface area contributed by atoms with Crippen LogP contribution in [0.2, 0.25) is 5.02 Å². The van der Waals surface area contributed by atoms with Crippen LogP contribution in [-0.4, -0.2) is 42.7 Å². The number of nitrogens with zero attached hydrogens (tertiary/aromatic N) is 5. The van der Waals surface area contributed by atoms with E-state index in [9.17, 15) is 9.90 Å². The molecule has 4 aromatic rings. The summed E-state index contributed by atoms with van der Waals surface area (Å²) in [5, 5.41) is 25.1. The smallest absolute Gasteiger partial charge is 0.323 e. The van der Waals surface area contributed by atoms with E-state index in [-0.39, 0.29) is 12.0 Å². The number of thiazole rings is 1. The first-order chi connectivity index (χ1) is 15.0. The first-order valence-corrected chi connectivity index (χ1v) is 10.8. The highest BCUT2D eigenvalue weighted by Crippen LogP contribution is 2.52. The summed E-state index contributed by atoms with van der Waals surface area (Å²) in [4.78, 5) is 24.0. The number of anilines is 2. The van der Waals surface area contributed by atoms with E-state index < -0.39 is 6.03 Å². The number of urea groups is 1. The predicted octanol–water partition coefficient (Wildman–Crippen LogP) is 3.90. The van der Waals surface area contributed by atoms with Crippen LogP contribution in [0, 0.1) is 6.92 Å². The van der Waals surface area contributed by atoms with Crippen molar-refractivity contribution in [1.82, 2.24) is 25.0 Å². The molecule has 0 spiro atoms. The summed E-state index contributed by atoms with van der Waals surface area (Å²) in [5.41, 5.74) is 2.87. The number of amides is 2. The van der Waals surface area contributed by atoms with Gasteiger partial charge in [-0.3, -0.25) is 0 Å². The third-order valence-electron chi connectivity index (χ3n) is 5.31. The first-order valence-electron chi connectivity index (χ1n) is 9.61. The van der Waals surface area contributed by atoms with Crippen LogP contribution >= 0.6 is 22.9 Å². The highest BCUT2D eigenvalue weighted by molar-refractivity contribution is 7.18. The second-order valence-electron chi connectivity index (χ2n) is 7.44. The van der Waals surface area contributed by atoms with Crippen molar-refractivity contribution in [2.75, 3.05) is 17.2 Å². The summed E-state index contributed by atoms with van der Waals surface area (Å²) in [6, 6.07) is 4.62. The number of aliphatic hydroxyl groups is 1. The van der Waals surface area contributed by atoms with Gasteiger partial charge in [0.1, 0.15) is 16.0 Å². The second-order valence-corrected chi connectivity index (χ2v) is 9.02. The average Bonchev–Trinajstić information content (AvgIpc) is 3.14. The third-order valence-corrected chi connectivity index (χ3v) is 6.49. The highest BCUT2D eigenvalue weighted by atomic mass is 35.5. The minimum absolute atomic E-state index is 0.00246. The van der Waals surface area contributed by atoms with Crippen LogP contribution in [0.25, 0.3) is 16.0 Å². The molecule has 5 rings (SSSR count). The van der Waals surface area contributed by atoms with Crippen LogP contribution in [0.5, 0.6) is 0 Å². The summed E-state index contributed by atoms with van der Waals surface area (Å²) in [7, 11) is 0. The summed E-state index contributed by atoms with van der Waals surface area (Å²) >= 11 is 7.82. The number of carbonyl (C=O) groups excluding carboxylic acids is 1. The lowest BCUT2D eigenvalue weighted by molar-refractivity contribution is 0.255. The number of fused-ring (bicyclic) bond motifs is 1. The Hall–Kier alpha value is -3.08. The molecule has 11 heteroatoms. The number of rotatable bonds is 5. The molecule has 1 saturated carbocycles. The van der Waals surface area contributed by atoms with Crippen LogP contribution in [0.4, 0.5) is 16.2 Å². The van der Waals surface area contributed by atoms with E-state index in [1.54, 1.807) is 36.8 Å². The van der Waals surface area contributed by atoms with Gasteiger partial charge in [-0.25, -0.2) is 14.8 Å². The Bertz CT molecular complexity index is 1280. The quantitative estimate of drug-likeness (QED) is 0.420. The maximum absolute atomic E-state index is 12.7. The number of pyridine rings is 1. The fraction of sp³-hybridized carbons (Fsp3) is 0.250. The maximum Gasteiger partial charge on any atom is 0.323 e. The minimum atomic E-state index is -0.441. The molecule has 31 heavy (non-hydrogen) atoms. The zero-order valence-electron chi connectivity index (χ0n) is 16.5. The number of benzene rings is 1. The fourth-order valence-electron chi connectivity index (χ4n) is 3.62. The summed E-state index contributed by atoms with van der Waals surface area (Å²) in [6.45, 7) is 1.91. The van der Waals surface area contributed by atoms with Gasteiger partial charge in [-0.15, -0.1) is 0 Å². The van der Waals surface area contributed by atoms with Gasteiger partial charge in [0.05, 0.1) is 40.9 Å². The molecule has 9 nitrogen and oxygen atoms in total. The molecule has 3 aromatic heterocycles. The SMILES string of the molecule is Cc1nc2c(C3(CO)CC3)c(NC(=O)Nc3ccc(-n4nccn4)c(Cl)c3)cnc2s1. The van der Waals surface area contributed by atoms with Crippen molar-refractivity contribution in [2.24, 2.45) is 0 Å². The Labute approximate surface area is 186 Å². The number of nitrogens with one attached hydrogen (secondary N) is 2. The Balaban J connectivity index is 1.41. The van der Waals surface area contributed by atoms with Crippen molar-refractivity contribution < 1.29 is 9.90 Å². The molecule has 0 radical (unpaired) electrons. The Morgan fingerprint density at radius 3 is 2.74 bits per heavy atom. The molecule has 1 fully saturated rings. The first kappa shape index (κ1) is 19.9. The van der Waals surface area contributed by atoms with E-state index in [0.717, 1.165) is 33.8 Å². The highest BCUT2D eigenvalue weighted by Gasteiger charge is 2.47. The van der Waals surface area contributed by atoms with E-state index >= 15 is 0 Å². The van der Waals surface area contributed by atoms with Crippen molar-refractivity contribution in [1.29, 1.82) is 0 Å². The molecule has 0 saturated heterocycles. The maximum atomic E-state index is 12.7. The van der Waals surface area contributed by atoms with E-state index in [0.29, 0.717) is 22.1 Å². The van der Waals surface area contributed by atoms with E-state index in [1.165, 1.54) is 16.1 Å². The molecule has 1 aliphatic rings. The molecule has 2 amide bonds. The number of hydrogen-bond donors (Lipinski definition) is 3. The monoisotopic (exact) mass is 455 g/mol. The lowest BCUT2D eigenvalue weighted by Gasteiger charge is -2.18. The zero-order chi connectivity index (χ0) is 21.6. The summed E-state index contributed by atoms with van der Waals surface area (Å²) in [6.07, 6.45) is 6.43. The molecule has 3 N–H and O–H groups in total. The largest absolute Gasteiger partial charge is 0.395 e. The predicted molar refractivity (Wildman–Crippen MR) is 119 cm³/mol. The van der Waals surface area contributed by atoms with Crippen LogP contribution in [-0.2, 0) is 5.41 Å². The standard InChI is InChI=1S/C20H18ClN7O2S/c1-11-25-17-16(20(10-29)4-5-20)14(9-22-18(17)31-11)27-19(30)26-12-2-3-15(13(21)8-12)28-23-6-7-24-28/h2-3,6-9,29H,4-5,10H2,1H3,(H2,26,27,30). The van der Waals surface area contributed by atoms with Gasteiger partial charge in [-0.1, -0.05) is 22.9 Å². The number of hydrogen-bond acceptors (Lipinski definition) is 7. The molecule has 0 aliphatic heterocycles. The van der Waals surface area contributed by atoms with Gasteiger partial charge in [0.25, 0.3) is 0 Å². The van der Waals surface area contributed by atoms with Gasteiger partial charge in [0, 0.05) is 16.7 Å². The van der Waals surface area contributed by atoms with Crippen molar-refractivity contribution >= 4 is 50.7 Å². The topological polar surface area (TPSA) is 118 Å². The molecule has 0 atom stereocenters. The van der Waals surface area contributed by atoms with Gasteiger partial charge in [0.2, 0.25) is 0 Å². The normalized spacial score (nSPS) is 14.5. The Morgan fingerprint density at radius 2 is 2.06 bits per heavy atom. The van der Waals surface area contributed by atoms with E-state index in [4.69, 9.17) is 11.6 Å². The van der Waals surface area contributed by atoms with Crippen molar-refractivity contribution in [2.45, 2.75) is 25.2 Å². The van der Waals surface area contributed by atoms with Crippen LogP contribution in [0.15, 0.2) is 36.8 Å². The zero-order valence-corrected chi connectivity index (χ0v) is 18.0.